The molecule has 2 aromatic rings. The summed E-state index contributed by atoms with van der Waals surface area (Å²) in [7, 11) is 1.89. The van der Waals surface area contributed by atoms with Gasteiger partial charge >= 0.3 is 0 Å². The number of aromatic nitrogens is 4. The topological polar surface area (TPSA) is 64.7 Å². The molecule has 6 nitrogen and oxygen atoms in total. The van der Waals surface area contributed by atoms with E-state index >= 15 is 0 Å². The van der Waals surface area contributed by atoms with Crippen LogP contribution in [0.15, 0.2) is 18.3 Å². The van der Waals surface area contributed by atoms with Gasteiger partial charge in [0, 0.05) is 37.0 Å². The van der Waals surface area contributed by atoms with Crippen LogP contribution in [-0.4, -0.2) is 25.5 Å². The molecule has 0 bridgehead atoms. The van der Waals surface area contributed by atoms with Gasteiger partial charge in [0.2, 0.25) is 5.91 Å². The molecule has 0 aliphatic carbocycles. The number of nitrogens with one attached hydrogen (secondary N) is 1. The van der Waals surface area contributed by atoms with Gasteiger partial charge in [0.25, 0.3) is 0 Å². The first-order valence-corrected chi connectivity index (χ1v) is 7.39. The van der Waals surface area contributed by atoms with Crippen molar-refractivity contribution in [3.8, 4) is 0 Å². The lowest BCUT2D eigenvalue weighted by Gasteiger charge is -2.09. The average Bonchev–Trinajstić information content (AvgIpc) is 2.94. The zero-order valence-electron chi connectivity index (χ0n) is 13.8. The number of nitrogens with zero attached hydrogens (tertiary/aromatic N) is 4. The monoisotopic (exact) mass is 301 g/mol. The summed E-state index contributed by atoms with van der Waals surface area (Å²) in [5.41, 5.74) is 2.92. The molecule has 22 heavy (non-hydrogen) atoms. The van der Waals surface area contributed by atoms with Gasteiger partial charge in [-0.25, -0.2) is 4.68 Å². The largest absolute Gasteiger partial charge is 0.307 e. The van der Waals surface area contributed by atoms with E-state index in [2.05, 4.69) is 29.4 Å². The first kappa shape index (κ1) is 16.0. The van der Waals surface area contributed by atoms with Gasteiger partial charge in [-0.15, -0.1) is 0 Å². The molecular formula is C16H23N5O. The molecular weight excluding hydrogens is 278 g/mol. The van der Waals surface area contributed by atoms with Crippen molar-refractivity contribution in [3.05, 3.63) is 35.3 Å². The minimum absolute atomic E-state index is 0.173. The van der Waals surface area contributed by atoms with Crippen molar-refractivity contribution in [1.82, 2.24) is 19.6 Å². The third-order valence-corrected chi connectivity index (χ3v) is 3.47. The summed E-state index contributed by atoms with van der Waals surface area (Å²) < 4.78 is 3.61. The second kappa shape index (κ2) is 6.60. The molecule has 0 saturated heterocycles. The van der Waals surface area contributed by atoms with Crippen molar-refractivity contribution in [2.24, 2.45) is 13.0 Å². The van der Waals surface area contributed by atoms with E-state index in [0.717, 1.165) is 23.5 Å². The van der Waals surface area contributed by atoms with Crippen molar-refractivity contribution >= 4 is 17.8 Å². The third-order valence-electron chi connectivity index (χ3n) is 3.47. The number of carbonyl (C=O) groups excluding carboxylic acids is 1. The predicted molar refractivity (Wildman–Crippen MR) is 87.4 cm³/mol. The molecule has 0 aromatic carbocycles. The average molecular weight is 301 g/mol. The van der Waals surface area contributed by atoms with Gasteiger partial charge in [-0.2, -0.15) is 10.2 Å². The standard InChI is InChI=1S/C16H23N5O/c1-11(2)10-21-15(8-9-17-21)18-16(22)7-6-14-12(3)19-20(5)13(14)4/h6-9,11H,10H2,1-5H3,(H,18,22)/b7-6+. The minimum atomic E-state index is -0.173. The van der Waals surface area contributed by atoms with Crippen LogP contribution >= 0.6 is 0 Å². The van der Waals surface area contributed by atoms with E-state index in [1.54, 1.807) is 23.0 Å². The number of hydrogen-bond acceptors (Lipinski definition) is 3. The van der Waals surface area contributed by atoms with Crippen molar-refractivity contribution in [3.63, 3.8) is 0 Å². The van der Waals surface area contributed by atoms with E-state index < -0.39 is 0 Å². The van der Waals surface area contributed by atoms with Crippen molar-refractivity contribution in [2.45, 2.75) is 34.2 Å². The number of hydrogen-bond donors (Lipinski definition) is 1. The fourth-order valence-corrected chi connectivity index (χ4v) is 2.29. The second-order valence-electron chi connectivity index (χ2n) is 5.82. The first-order valence-electron chi connectivity index (χ1n) is 7.39. The summed E-state index contributed by atoms with van der Waals surface area (Å²) in [6, 6.07) is 1.80. The summed E-state index contributed by atoms with van der Waals surface area (Å²) in [4.78, 5) is 12.1. The Balaban J connectivity index is 2.07. The molecule has 0 unspecified atom stereocenters. The van der Waals surface area contributed by atoms with E-state index in [0.29, 0.717) is 11.7 Å². The second-order valence-corrected chi connectivity index (χ2v) is 5.82. The Hall–Kier alpha value is -2.37. The predicted octanol–water partition coefficient (Wildman–Crippen LogP) is 2.54. The van der Waals surface area contributed by atoms with E-state index in [-0.39, 0.29) is 5.91 Å². The molecule has 0 spiro atoms. The van der Waals surface area contributed by atoms with Gasteiger partial charge in [-0.05, 0) is 25.8 Å². The Morgan fingerprint density at radius 1 is 1.41 bits per heavy atom. The molecule has 0 saturated carbocycles. The van der Waals surface area contributed by atoms with Crippen LogP contribution in [0, 0.1) is 19.8 Å². The molecule has 0 fully saturated rings. The zero-order valence-corrected chi connectivity index (χ0v) is 13.8. The van der Waals surface area contributed by atoms with E-state index in [4.69, 9.17) is 0 Å². The Labute approximate surface area is 130 Å². The molecule has 0 aliphatic heterocycles. The van der Waals surface area contributed by atoms with Gasteiger partial charge in [-0.3, -0.25) is 9.48 Å². The molecule has 6 heteroatoms. The molecule has 0 atom stereocenters. The summed E-state index contributed by atoms with van der Waals surface area (Å²) in [5.74, 6) is 1.00. The summed E-state index contributed by atoms with van der Waals surface area (Å²) in [5, 5.41) is 11.4. The Kier molecular flexibility index (Phi) is 4.80. The molecule has 0 radical (unpaired) electrons. The summed E-state index contributed by atoms with van der Waals surface area (Å²) >= 11 is 0. The number of anilines is 1. The molecule has 1 amide bonds. The normalized spacial score (nSPS) is 11.5. The third kappa shape index (κ3) is 3.63. The van der Waals surface area contributed by atoms with Crippen LogP contribution < -0.4 is 5.32 Å². The fraction of sp³-hybridized carbons (Fsp3) is 0.438. The lowest BCUT2D eigenvalue weighted by atomic mass is 10.2. The van der Waals surface area contributed by atoms with Gasteiger partial charge in [-0.1, -0.05) is 13.8 Å². The number of carbonyl (C=O) groups is 1. The van der Waals surface area contributed by atoms with Crippen LogP contribution in [0.2, 0.25) is 0 Å². The molecule has 0 aliphatic rings. The van der Waals surface area contributed by atoms with Crippen molar-refractivity contribution < 1.29 is 4.79 Å². The Morgan fingerprint density at radius 2 is 2.14 bits per heavy atom. The maximum atomic E-state index is 12.1. The van der Waals surface area contributed by atoms with Crippen LogP contribution in [0.3, 0.4) is 0 Å². The highest BCUT2D eigenvalue weighted by molar-refractivity contribution is 6.01. The molecule has 2 rings (SSSR count). The Bertz CT molecular complexity index is 693. The first-order chi connectivity index (χ1) is 10.4. The van der Waals surface area contributed by atoms with Gasteiger partial charge in [0.05, 0.1) is 11.9 Å². The smallest absolute Gasteiger partial charge is 0.249 e. The van der Waals surface area contributed by atoms with E-state index in [9.17, 15) is 4.79 Å². The van der Waals surface area contributed by atoms with Crippen LogP contribution in [0.1, 0.15) is 30.8 Å². The number of amides is 1. The highest BCUT2D eigenvalue weighted by Crippen LogP contribution is 2.14. The summed E-state index contributed by atoms with van der Waals surface area (Å²) in [6.45, 7) is 8.91. The van der Waals surface area contributed by atoms with Crippen LogP contribution in [0.25, 0.3) is 6.08 Å². The lowest BCUT2D eigenvalue weighted by molar-refractivity contribution is -0.111. The van der Waals surface area contributed by atoms with E-state index in [1.807, 2.05) is 25.6 Å². The molecule has 2 heterocycles. The SMILES string of the molecule is Cc1nn(C)c(C)c1/C=C/C(=O)Nc1ccnn1CC(C)C. The fourth-order valence-electron chi connectivity index (χ4n) is 2.29. The van der Waals surface area contributed by atoms with Gasteiger partial charge < -0.3 is 5.32 Å². The number of aryl methyl sites for hydroxylation is 2. The van der Waals surface area contributed by atoms with Crippen LogP contribution in [0.5, 0.6) is 0 Å². The van der Waals surface area contributed by atoms with Crippen molar-refractivity contribution in [2.75, 3.05) is 5.32 Å². The van der Waals surface area contributed by atoms with Gasteiger partial charge in [0.1, 0.15) is 5.82 Å². The lowest BCUT2D eigenvalue weighted by Crippen LogP contribution is -2.15. The van der Waals surface area contributed by atoms with Gasteiger partial charge in [0.15, 0.2) is 0 Å². The minimum Gasteiger partial charge on any atom is -0.307 e. The highest BCUT2D eigenvalue weighted by atomic mass is 16.1. The van der Waals surface area contributed by atoms with Crippen LogP contribution in [0.4, 0.5) is 5.82 Å². The molecule has 1 N–H and O–H groups in total. The highest BCUT2D eigenvalue weighted by Gasteiger charge is 2.08. The zero-order chi connectivity index (χ0) is 16.3. The number of rotatable bonds is 5. The van der Waals surface area contributed by atoms with E-state index in [1.165, 1.54) is 6.08 Å². The maximum Gasteiger partial charge on any atom is 0.249 e. The molecule has 2 aromatic heterocycles. The van der Waals surface area contributed by atoms with Crippen LogP contribution in [-0.2, 0) is 18.4 Å². The molecule has 118 valence electrons. The summed E-state index contributed by atoms with van der Waals surface area (Å²) in [6.07, 6.45) is 5.02. The van der Waals surface area contributed by atoms with Crippen molar-refractivity contribution in [1.29, 1.82) is 0 Å². The Morgan fingerprint density at radius 3 is 2.73 bits per heavy atom. The maximum absolute atomic E-state index is 12.1. The quantitative estimate of drug-likeness (QED) is 0.863.